The van der Waals surface area contributed by atoms with Crippen LogP contribution in [0, 0.1) is 0 Å². The fourth-order valence-corrected chi connectivity index (χ4v) is 5.56. The first kappa shape index (κ1) is 21.4. The summed E-state index contributed by atoms with van der Waals surface area (Å²) < 4.78 is 16.8. The van der Waals surface area contributed by atoms with Gasteiger partial charge in [0, 0.05) is 40.1 Å². The number of benzene rings is 2. The highest BCUT2D eigenvalue weighted by Crippen LogP contribution is 2.48. The second-order valence-electron chi connectivity index (χ2n) is 8.13. The first-order chi connectivity index (χ1) is 16.1. The summed E-state index contributed by atoms with van der Waals surface area (Å²) in [5.74, 6) is 2.09. The number of thiophene rings is 1. The molecule has 6 nitrogen and oxygen atoms in total. The van der Waals surface area contributed by atoms with Crippen molar-refractivity contribution in [2.45, 2.75) is 24.8 Å². The number of allylic oxidation sites excluding steroid dienone is 1. The number of nitrogens with one attached hydrogen (secondary N) is 2. The van der Waals surface area contributed by atoms with E-state index in [0.29, 0.717) is 23.7 Å². The van der Waals surface area contributed by atoms with Gasteiger partial charge in [-0.3, -0.25) is 4.79 Å². The largest absolute Gasteiger partial charge is 0.496 e. The van der Waals surface area contributed by atoms with Crippen molar-refractivity contribution in [1.82, 2.24) is 0 Å². The summed E-state index contributed by atoms with van der Waals surface area (Å²) in [5, 5.41) is 9.25. The molecule has 0 spiro atoms. The maximum Gasteiger partial charge on any atom is 0.164 e. The molecule has 0 bridgehead atoms. The zero-order valence-electron chi connectivity index (χ0n) is 18.8. The average molecular weight is 463 g/mol. The van der Waals surface area contributed by atoms with Crippen LogP contribution in [0.25, 0.3) is 0 Å². The standard InChI is InChI=1S/C26H26N2O4S/c1-30-21-14-23(32-3)22(31-2)13-16(21)26-25-19(27-17-7-4-5-8-18(17)28-26)11-15(12-20(25)29)24-9-6-10-33-24/h4-10,13-15,26-28H,11-12H2,1-3H3/t15-,26+/m0/s1. The molecule has 2 aromatic carbocycles. The van der Waals surface area contributed by atoms with Crippen LogP contribution >= 0.6 is 11.3 Å². The van der Waals surface area contributed by atoms with Crippen molar-refractivity contribution in [3.8, 4) is 17.2 Å². The van der Waals surface area contributed by atoms with Crippen molar-refractivity contribution in [2.24, 2.45) is 0 Å². The highest BCUT2D eigenvalue weighted by molar-refractivity contribution is 7.10. The van der Waals surface area contributed by atoms with E-state index in [1.165, 1.54) is 4.88 Å². The molecule has 5 rings (SSSR count). The van der Waals surface area contributed by atoms with Crippen LogP contribution in [0.5, 0.6) is 17.2 Å². The van der Waals surface area contributed by atoms with Gasteiger partial charge in [-0.2, -0.15) is 0 Å². The summed E-state index contributed by atoms with van der Waals surface area (Å²) in [6.07, 6.45) is 1.24. The van der Waals surface area contributed by atoms with E-state index in [4.69, 9.17) is 14.2 Å². The molecule has 2 atom stereocenters. The molecule has 2 aliphatic rings. The van der Waals surface area contributed by atoms with E-state index >= 15 is 0 Å². The number of ketones is 1. The van der Waals surface area contributed by atoms with Gasteiger partial charge in [0.2, 0.25) is 0 Å². The monoisotopic (exact) mass is 462 g/mol. The molecule has 0 unspecified atom stereocenters. The van der Waals surface area contributed by atoms with Crippen molar-refractivity contribution < 1.29 is 19.0 Å². The topological polar surface area (TPSA) is 68.8 Å². The van der Waals surface area contributed by atoms with Gasteiger partial charge in [-0.05, 0) is 36.1 Å². The zero-order chi connectivity index (χ0) is 22.9. The lowest BCUT2D eigenvalue weighted by molar-refractivity contribution is -0.116. The number of hydrogen-bond acceptors (Lipinski definition) is 7. The third-order valence-electron chi connectivity index (χ3n) is 6.30. The van der Waals surface area contributed by atoms with E-state index in [-0.39, 0.29) is 11.7 Å². The minimum absolute atomic E-state index is 0.129. The van der Waals surface area contributed by atoms with E-state index in [1.54, 1.807) is 32.7 Å². The Morgan fingerprint density at radius 3 is 2.30 bits per heavy atom. The number of Topliss-reactive ketones (excluding diaryl/α,β-unsaturated/α-hetero) is 1. The molecule has 0 saturated carbocycles. The Labute approximate surface area is 197 Å². The zero-order valence-corrected chi connectivity index (χ0v) is 19.6. The van der Waals surface area contributed by atoms with Crippen LogP contribution in [0.4, 0.5) is 11.4 Å². The maximum absolute atomic E-state index is 13.7. The average Bonchev–Trinajstić information content (AvgIpc) is 3.32. The summed E-state index contributed by atoms with van der Waals surface area (Å²) in [6, 6.07) is 15.5. The third kappa shape index (κ3) is 3.82. The number of anilines is 2. The second-order valence-corrected chi connectivity index (χ2v) is 9.11. The number of ether oxygens (including phenoxy) is 3. The first-order valence-corrected chi connectivity index (χ1v) is 11.7. The molecule has 0 saturated heterocycles. The lowest BCUT2D eigenvalue weighted by Gasteiger charge is -2.30. The number of rotatable bonds is 5. The van der Waals surface area contributed by atoms with Gasteiger partial charge in [0.1, 0.15) is 5.75 Å². The van der Waals surface area contributed by atoms with Gasteiger partial charge in [-0.1, -0.05) is 18.2 Å². The number of carbonyl (C=O) groups is 1. The predicted octanol–water partition coefficient (Wildman–Crippen LogP) is 5.75. The van der Waals surface area contributed by atoms with E-state index in [1.807, 2.05) is 42.5 Å². The molecule has 170 valence electrons. The lowest BCUT2D eigenvalue weighted by atomic mass is 9.80. The molecule has 0 radical (unpaired) electrons. The molecule has 0 amide bonds. The molecular weight excluding hydrogens is 436 g/mol. The van der Waals surface area contributed by atoms with Gasteiger partial charge in [-0.15, -0.1) is 11.3 Å². The summed E-state index contributed by atoms with van der Waals surface area (Å²) in [7, 11) is 4.82. The molecule has 2 heterocycles. The molecule has 3 aromatic rings. The first-order valence-electron chi connectivity index (χ1n) is 10.8. The Kier molecular flexibility index (Phi) is 5.72. The predicted molar refractivity (Wildman–Crippen MR) is 131 cm³/mol. The van der Waals surface area contributed by atoms with E-state index in [2.05, 4.69) is 22.1 Å². The summed E-state index contributed by atoms with van der Waals surface area (Å²) in [5.41, 5.74) is 4.39. The minimum atomic E-state index is -0.400. The fourth-order valence-electron chi connectivity index (χ4n) is 4.73. The van der Waals surface area contributed by atoms with E-state index in [9.17, 15) is 4.79 Å². The Morgan fingerprint density at radius 1 is 0.879 bits per heavy atom. The Balaban J connectivity index is 1.68. The molecule has 0 fully saturated rings. The number of fused-ring (bicyclic) bond motifs is 1. The van der Waals surface area contributed by atoms with Crippen molar-refractivity contribution >= 4 is 28.5 Å². The van der Waals surface area contributed by atoms with Crippen molar-refractivity contribution in [3.63, 3.8) is 0 Å². The Hall–Kier alpha value is -3.45. The molecule has 7 heteroatoms. The smallest absolute Gasteiger partial charge is 0.164 e. The highest BCUT2D eigenvalue weighted by atomic mass is 32.1. The summed E-state index contributed by atoms with van der Waals surface area (Å²) in [4.78, 5) is 14.9. The Bertz CT molecular complexity index is 1220. The highest BCUT2D eigenvalue weighted by Gasteiger charge is 2.37. The minimum Gasteiger partial charge on any atom is -0.496 e. The molecule has 2 N–H and O–H groups in total. The third-order valence-corrected chi connectivity index (χ3v) is 7.34. The SMILES string of the molecule is COc1cc(OC)c([C@H]2Nc3ccccc3NC3=C2C(=O)C[C@@H](c2cccs2)C3)cc1OC. The van der Waals surface area contributed by atoms with Gasteiger partial charge < -0.3 is 24.8 Å². The normalized spacial score (nSPS) is 19.5. The fraction of sp³-hybridized carbons (Fsp3) is 0.269. The van der Waals surface area contributed by atoms with Gasteiger partial charge in [0.05, 0.1) is 38.7 Å². The summed E-state index contributed by atoms with van der Waals surface area (Å²) >= 11 is 1.71. The lowest BCUT2D eigenvalue weighted by Crippen LogP contribution is -2.27. The summed E-state index contributed by atoms with van der Waals surface area (Å²) in [6.45, 7) is 0. The van der Waals surface area contributed by atoms with Crippen molar-refractivity contribution in [3.05, 3.63) is 75.6 Å². The van der Waals surface area contributed by atoms with E-state index in [0.717, 1.165) is 34.6 Å². The van der Waals surface area contributed by atoms with E-state index < -0.39 is 6.04 Å². The van der Waals surface area contributed by atoms with Crippen molar-refractivity contribution in [1.29, 1.82) is 0 Å². The maximum atomic E-state index is 13.7. The number of para-hydroxylation sites is 2. The number of hydrogen-bond donors (Lipinski definition) is 2. The van der Waals surface area contributed by atoms with Crippen LogP contribution in [0.15, 0.2) is 65.2 Å². The molecule has 1 aromatic heterocycles. The number of carbonyl (C=O) groups excluding carboxylic acids is 1. The molecular formula is C26H26N2O4S. The van der Waals surface area contributed by atoms with Crippen LogP contribution in [0.3, 0.4) is 0 Å². The van der Waals surface area contributed by atoms with Gasteiger partial charge >= 0.3 is 0 Å². The quantitative estimate of drug-likeness (QED) is 0.503. The van der Waals surface area contributed by atoms with Crippen molar-refractivity contribution in [2.75, 3.05) is 32.0 Å². The number of methoxy groups -OCH3 is 3. The molecule has 33 heavy (non-hydrogen) atoms. The second kappa shape index (κ2) is 8.83. The molecule has 1 aliphatic carbocycles. The Morgan fingerprint density at radius 2 is 1.61 bits per heavy atom. The molecule has 1 aliphatic heterocycles. The van der Waals surface area contributed by atoms with Gasteiger partial charge in [0.25, 0.3) is 0 Å². The van der Waals surface area contributed by atoms with Crippen LogP contribution in [-0.2, 0) is 4.79 Å². The van der Waals surface area contributed by atoms with Gasteiger partial charge in [-0.25, -0.2) is 0 Å². The van der Waals surface area contributed by atoms with Crippen LogP contribution in [0.2, 0.25) is 0 Å². The van der Waals surface area contributed by atoms with Crippen LogP contribution in [-0.4, -0.2) is 27.1 Å². The van der Waals surface area contributed by atoms with Crippen LogP contribution < -0.4 is 24.8 Å². The van der Waals surface area contributed by atoms with Gasteiger partial charge in [0.15, 0.2) is 17.3 Å². The van der Waals surface area contributed by atoms with Crippen LogP contribution in [0.1, 0.15) is 35.2 Å².